The third-order valence-electron chi connectivity index (χ3n) is 4.19. The molecule has 3 nitrogen and oxygen atoms in total. The third-order valence-corrected chi connectivity index (χ3v) is 4.19. The fraction of sp³-hybridized carbons (Fsp3) is 0.562. The van der Waals surface area contributed by atoms with Gasteiger partial charge in [0.15, 0.2) is 0 Å². The fourth-order valence-electron chi connectivity index (χ4n) is 2.85. The van der Waals surface area contributed by atoms with Gasteiger partial charge < -0.3 is 10.2 Å². The summed E-state index contributed by atoms with van der Waals surface area (Å²) in [5, 5.41) is 19.5. The number of aryl methyl sites for hydroxylation is 1. The van der Waals surface area contributed by atoms with Gasteiger partial charge in [0.2, 0.25) is 0 Å². The van der Waals surface area contributed by atoms with Crippen LogP contribution < -0.4 is 0 Å². The van der Waals surface area contributed by atoms with Gasteiger partial charge in [-0.05, 0) is 57.1 Å². The standard InChI is InChI=1S/C16H22O3/c1-15(2,19)9-10-16(14(17)18)8-7-12-5-3-4-6-13(12)11-16/h3-6,19H,7-11H2,1-2H3,(H,17,18). The van der Waals surface area contributed by atoms with E-state index in [1.165, 1.54) is 5.56 Å². The molecular formula is C16H22O3. The number of aliphatic hydroxyl groups is 1. The molecule has 0 fully saturated rings. The van der Waals surface area contributed by atoms with Crippen LogP contribution in [-0.2, 0) is 17.6 Å². The minimum absolute atomic E-state index is 0.515. The van der Waals surface area contributed by atoms with Crippen molar-refractivity contribution in [3.63, 3.8) is 0 Å². The lowest BCUT2D eigenvalue weighted by molar-refractivity contribution is -0.151. The lowest BCUT2D eigenvalue weighted by Gasteiger charge is -2.36. The van der Waals surface area contributed by atoms with E-state index < -0.39 is 17.0 Å². The molecule has 0 heterocycles. The maximum absolute atomic E-state index is 11.7. The van der Waals surface area contributed by atoms with Gasteiger partial charge >= 0.3 is 5.97 Å². The first-order valence-electron chi connectivity index (χ1n) is 6.85. The van der Waals surface area contributed by atoms with Gasteiger partial charge in [-0.2, -0.15) is 0 Å². The van der Waals surface area contributed by atoms with Crippen molar-refractivity contribution in [2.75, 3.05) is 0 Å². The summed E-state index contributed by atoms with van der Waals surface area (Å²) in [5.74, 6) is -0.730. The molecule has 19 heavy (non-hydrogen) atoms. The van der Waals surface area contributed by atoms with Gasteiger partial charge in [-0.3, -0.25) is 4.79 Å². The van der Waals surface area contributed by atoms with Crippen LogP contribution in [0.15, 0.2) is 24.3 Å². The minimum Gasteiger partial charge on any atom is -0.481 e. The summed E-state index contributed by atoms with van der Waals surface area (Å²) in [7, 11) is 0. The molecule has 1 aromatic rings. The summed E-state index contributed by atoms with van der Waals surface area (Å²) in [4.78, 5) is 11.7. The Morgan fingerprint density at radius 1 is 1.32 bits per heavy atom. The summed E-state index contributed by atoms with van der Waals surface area (Å²) >= 11 is 0. The molecule has 0 aromatic heterocycles. The molecule has 0 bridgehead atoms. The zero-order valence-electron chi connectivity index (χ0n) is 11.6. The van der Waals surface area contributed by atoms with Crippen LogP contribution in [-0.4, -0.2) is 21.8 Å². The van der Waals surface area contributed by atoms with Crippen molar-refractivity contribution in [3.05, 3.63) is 35.4 Å². The summed E-state index contributed by atoms with van der Waals surface area (Å²) in [6, 6.07) is 8.07. The molecule has 0 saturated carbocycles. The molecule has 1 unspecified atom stereocenters. The second kappa shape index (κ2) is 4.97. The lowest BCUT2D eigenvalue weighted by atomic mass is 9.68. The first-order chi connectivity index (χ1) is 8.82. The number of aliphatic carboxylic acids is 1. The van der Waals surface area contributed by atoms with E-state index in [4.69, 9.17) is 0 Å². The second-order valence-corrected chi connectivity index (χ2v) is 6.34. The van der Waals surface area contributed by atoms with E-state index in [1.54, 1.807) is 13.8 Å². The molecule has 0 saturated heterocycles. The second-order valence-electron chi connectivity index (χ2n) is 6.34. The smallest absolute Gasteiger partial charge is 0.309 e. The van der Waals surface area contributed by atoms with Crippen LogP contribution in [0.25, 0.3) is 0 Å². The predicted octanol–water partition coefficient (Wildman–Crippen LogP) is 2.80. The normalized spacial score (nSPS) is 22.9. The van der Waals surface area contributed by atoms with Crippen LogP contribution in [0, 0.1) is 5.41 Å². The van der Waals surface area contributed by atoms with Crippen molar-refractivity contribution in [2.24, 2.45) is 5.41 Å². The Balaban J connectivity index is 2.21. The Kier molecular flexibility index (Phi) is 3.68. The van der Waals surface area contributed by atoms with E-state index in [0.717, 1.165) is 12.0 Å². The highest BCUT2D eigenvalue weighted by Gasteiger charge is 2.41. The third kappa shape index (κ3) is 3.16. The highest BCUT2D eigenvalue weighted by Crippen LogP contribution is 2.40. The van der Waals surface area contributed by atoms with Crippen molar-refractivity contribution < 1.29 is 15.0 Å². The number of hydrogen-bond donors (Lipinski definition) is 2. The quantitative estimate of drug-likeness (QED) is 0.877. The summed E-state index contributed by atoms with van der Waals surface area (Å²) in [6.45, 7) is 3.47. The minimum atomic E-state index is -0.806. The molecule has 0 aliphatic heterocycles. The Hall–Kier alpha value is -1.35. The largest absolute Gasteiger partial charge is 0.481 e. The maximum atomic E-state index is 11.7. The molecule has 0 spiro atoms. The first kappa shape index (κ1) is 14.1. The van der Waals surface area contributed by atoms with Gasteiger partial charge in [-0.1, -0.05) is 24.3 Å². The highest BCUT2D eigenvalue weighted by atomic mass is 16.4. The molecule has 1 aliphatic rings. The van der Waals surface area contributed by atoms with Crippen LogP contribution in [0.5, 0.6) is 0 Å². The van der Waals surface area contributed by atoms with Crippen LogP contribution >= 0.6 is 0 Å². The van der Waals surface area contributed by atoms with Crippen LogP contribution in [0.1, 0.15) is 44.2 Å². The fourth-order valence-corrected chi connectivity index (χ4v) is 2.85. The average Bonchev–Trinajstić information content (AvgIpc) is 2.35. The lowest BCUT2D eigenvalue weighted by Crippen LogP contribution is -2.38. The molecule has 1 aromatic carbocycles. The van der Waals surface area contributed by atoms with E-state index >= 15 is 0 Å². The Morgan fingerprint density at radius 2 is 1.95 bits per heavy atom. The van der Waals surface area contributed by atoms with Gasteiger partial charge in [0, 0.05) is 0 Å². The summed E-state index contributed by atoms with van der Waals surface area (Å²) in [5.41, 5.74) is 0.892. The number of rotatable bonds is 4. The van der Waals surface area contributed by atoms with Gasteiger partial charge in [-0.15, -0.1) is 0 Å². The van der Waals surface area contributed by atoms with Gasteiger partial charge in [0.05, 0.1) is 11.0 Å². The van der Waals surface area contributed by atoms with E-state index in [2.05, 4.69) is 6.07 Å². The van der Waals surface area contributed by atoms with Crippen molar-refractivity contribution in [1.29, 1.82) is 0 Å². The average molecular weight is 262 g/mol. The summed E-state index contributed by atoms with van der Waals surface area (Å²) < 4.78 is 0. The van der Waals surface area contributed by atoms with E-state index in [9.17, 15) is 15.0 Å². The van der Waals surface area contributed by atoms with Crippen LogP contribution in [0.2, 0.25) is 0 Å². The maximum Gasteiger partial charge on any atom is 0.309 e. The van der Waals surface area contributed by atoms with Crippen LogP contribution in [0.3, 0.4) is 0 Å². The molecule has 1 atom stereocenters. The topological polar surface area (TPSA) is 57.5 Å². The zero-order valence-corrected chi connectivity index (χ0v) is 11.6. The van der Waals surface area contributed by atoms with Crippen molar-refractivity contribution in [1.82, 2.24) is 0 Å². The SMILES string of the molecule is CC(C)(O)CCC1(C(=O)O)CCc2ccccc2C1. The van der Waals surface area contributed by atoms with Crippen molar-refractivity contribution >= 4 is 5.97 Å². The molecule has 1 aliphatic carbocycles. The number of fused-ring (bicyclic) bond motifs is 1. The summed E-state index contributed by atoms with van der Waals surface area (Å²) in [6.07, 6.45) is 3.10. The van der Waals surface area contributed by atoms with Gasteiger partial charge in [0.1, 0.15) is 0 Å². The number of carbonyl (C=O) groups is 1. The van der Waals surface area contributed by atoms with E-state index in [-0.39, 0.29) is 0 Å². The molecular weight excluding hydrogens is 240 g/mol. The van der Waals surface area contributed by atoms with E-state index in [0.29, 0.717) is 25.7 Å². The predicted molar refractivity (Wildman–Crippen MR) is 74.1 cm³/mol. The molecule has 0 amide bonds. The Bertz CT molecular complexity index is 473. The van der Waals surface area contributed by atoms with Crippen molar-refractivity contribution in [2.45, 2.75) is 51.6 Å². The van der Waals surface area contributed by atoms with Crippen molar-refractivity contribution in [3.8, 4) is 0 Å². The molecule has 104 valence electrons. The van der Waals surface area contributed by atoms with E-state index in [1.807, 2.05) is 18.2 Å². The monoisotopic (exact) mass is 262 g/mol. The Labute approximate surface area is 114 Å². The number of benzene rings is 1. The Morgan fingerprint density at radius 3 is 2.53 bits per heavy atom. The van der Waals surface area contributed by atoms with Crippen LogP contribution in [0.4, 0.5) is 0 Å². The number of carboxylic acids is 1. The van der Waals surface area contributed by atoms with Gasteiger partial charge in [-0.25, -0.2) is 0 Å². The highest BCUT2D eigenvalue weighted by molar-refractivity contribution is 5.75. The number of carboxylic acid groups (broad SMARTS) is 1. The first-order valence-corrected chi connectivity index (χ1v) is 6.85. The van der Waals surface area contributed by atoms with Gasteiger partial charge in [0.25, 0.3) is 0 Å². The zero-order chi connectivity index (χ0) is 14.1. The number of hydrogen-bond acceptors (Lipinski definition) is 2. The molecule has 2 N–H and O–H groups in total. The molecule has 2 rings (SSSR count). The molecule has 3 heteroatoms. The molecule has 0 radical (unpaired) electrons.